The van der Waals surface area contributed by atoms with Gasteiger partial charge >= 0.3 is 12.3 Å². The highest BCUT2D eigenvalue weighted by atomic mass is 35.5. The fourth-order valence-electron chi connectivity index (χ4n) is 2.21. The van der Waals surface area contributed by atoms with Gasteiger partial charge in [-0.15, -0.1) is 13.2 Å². The number of H-pyrrole nitrogens is 1. The zero-order chi connectivity index (χ0) is 18.2. The minimum absolute atomic E-state index is 0.0213. The van der Waals surface area contributed by atoms with Crippen molar-refractivity contribution in [3.8, 4) is 5.75 Å². The number of carboxylic acid groups (broad SMARTS) is 1. The van der Waals surface area contributed by atoms with Crippen LogP contribution < -0.4 is 4.74 Å². The highest BCUT2D eigenvalue weighted by Crippen LogP contribution is 2.37. The average molecular weight is 388 g/mol. The highest BCUT2D eigenvalue weighted by Gasteiger charge is 2.30. The van der Waals surface area contributed by atoms with Gasteiger partial charge in [-0.05, 0) is 42.5 Å². The molecule has 0 radical (unpaired) electrons. The first-order valence-electron chi connectivity index (χ1n) is 6.80. The summed E-state index contributed by atoms with van der Waals surface area (Å²) >= 11 is 7.30. The molecular weight excluding hydrogens is 379 g/mol. The maximum Gasteiger partial charge on any atom is 0.573 e. The van der Waals surface area contributed by atoms with Gasteiger partial charge in [0.15, 0.2) is 0 Å². The molecular formula is C16H9ClF3NO3S. The SMILES string of the molecule is O=C(O)c1cc2c(Sc3ccc(OC(F)(F)F)cc3)cc(Cl)cc2[nH]1. The lowest BCUT2D eigenvalue weighted by atomic mass is 10.2. The molecule has 0 spiro atoms. The maximum atomic E-state index is 12.2. The van der Waals surface area contributed by atoms with Crippen LogP contribution in [0.3, 0.4) is 0 Å². The molecule has 0 atom stereocenters. The number of carboxylic acids is 1. The van der Waals surface area contributed by atoms with Gasteiger partial charge < -0.3 is 14.8 Å². The molecule has 0 aliphatic carbocycles. The summed E-state index contributed by atoms with van der Waals surface area (Å²) in [7, 11) is 0. The number of hydrogen-bond donors (Lipinski definition) is 2. The molecule has 2 N–H and O–H groups in total. The lowest BCUT2D eigenvalue weighted by molar-refractivity contribution is -0.274. The second-order valence-corrected chi connectivity index (χ2v) is 6.53. The quantitative estimate of drug-likeness (QED) is 0.614. The first-order valence-corrected chi connectivity index (χ1v) is 8.00. The van der Waals surface area contributed by atoms with Crippen molar-refractivity contribution in [1.82, 2.24) is 4.98 Å². The van der Waals surface area contributed by atoms with E-state index >= 15 is 0 Å². The predicted octanol–water partition coefficient (Wildman–Crippen LogP) is 5.57. The van der Waals surface area contributed by atoms with E-state index < -0.39 is 12.3 Å². The third kappa shape index (κ3) is 4.21. The number of nitrogens with one attached hydrogen (secondary N) is 1. The summed E-state index contributed by atoms with van der Waals surface area (Å²) in [6.07, 6.45) is -4.74. The van der Waals surface area contributed by atoms with Gasteiger partial charge in [-0.2, -0.15) is 0 Å². The van der Waals surface area contributed by atoms with E-state index in [0.29, 0.717) is 25.7 Å². The van der Waals surface area contributed by atoms with Gasteiger partial charge in [0.2, 0.25) is 0 Å². The Kier molecular flexibility index (Phi) is 4.57. The monoisotopic (exact) mass is 387 g/mol. The molecule has 2 aromatic carbocycles. The summed E-state index contributed by atoms with van der Waals surface area (Å²) in [6.45, 7) is 0. The number of aromatic amines is 1. The fraction of sp³-hybridized carbons (Fsp3) is 0.0625. The van der Waals surface area contributed by atoms with Crippen LogP contribution in [-0.4, -0.2) is 22.4 Å². The number of benzene rings is 2. The first-order chi connectivity index (χ1) is 11.7. The van der Waals surface area contributed by atoms with Gasteiger partial charge in [-0.1, -0.05) is 23.4 Å². The first kappa shape index (κ1) is 17.5. The van der Waals surface area contributed by atoms with Gasteiger partial charge in [0.05, 0.1) is 0 Å². The Balaban J connectivity index is 1.91. The number of fused-ring (bicyclic) bond motifs is 1. The molecule has 4 nitrogen and oxygen atoms in total. The summed E-state index contributed by atoms with van der Waals surface area (Å²) < 4.78 is 40.4. The van der Waals surface area contributed by atoms with Crippen molar-refractivity contribution >= 4 is 40.2 Å². The Bertz CT molecular complexity index is 938. The molecule has 0 saturated carbocycles. The van der Waals surface area contributed by atoms with Crippen LogP contribution in [0.25, 0.3) is 10.9 Å². The third-order valence-electron chi connectivity index (χ3n) is 3.18. The summed E-state index contributed by atoms with van der Waals surface area (Å²) in [5.41, 5.74) is 0.581. The number of carbonyl (C=O) groups is 1. The van der Waals surface area contributed by atoms with Crippen molar-refractivity contribution in [2.45, 2.75) is 16.2 Å². The zero-order valence-corrected chi connectivity index (χ0v) is 13.8. The second kappa shape index (κ2) is 6.53. The second-order valence-electron chi connectivity index (χ2n) is 4.97. The van der Waals surface area contributed by atoms with Crippen molar-refractivity contribution < 1.29 is 27.8 Å². The van der Waals surface area contributed by atoms with E-state index in [1.807, 2.05) is 0 Å². The largest absolute Gasteiger partial charge is 0.573 e. The minimum Gasteiger partial charge on any atom is -0.477 e. The van der Waals surface area contributed by atoms with E-state index in [1.165, 1.54) is 42.1 Å². The molecule has 3 rings (SSSR count). The van der Waals surface area contributed by atoms with Crippen molar-refractivity contribution in [2.24, 2.45) is 0 Å². The predicted molar refractivity (Wildman–Crippen MR) is 87.5 cm³/mol. The Hall–Kier alpha value is -2.32. The molecule has 0 unspecified atom stereocenters. The lowest BCUT2D eigenvalue weighted by Gasteiger charge is -2.09. The van der Waals surface area contributed by atoms with Crippen LogP contribution >= 0.6 is 23.4 Å². The van der Waals surface area contributed by atoms with Crippen molar-refractivity contribution in [3.05, 3.63) is 53.2 Å². The molecule has 0 fully saturated rings. The van der Waals surface area contributed by atoms with Crippen LogP contribution in [0.5, 0.6) is 5.75 Å². The van der Waals surface area contributed by atoms with Crippen molar-refractivity contribution in [3.63, 3.8) is 0 Å². The smallest absolute Gasteiger partial charge is 0.477 e. The molecule has 25 heavy (non-hydrogen) atoms. The van der Waals surface area contributed by atoms with Gasteiger partial charge in [0.25, 0.3) is 0 Å². The molecule has 0 saturated heterocycles. The van der Waals surface area contributed by atoms with E-state index in [1.54, 1.807) is 12.1 Å². The molecule has 0 aliphatic rings. The van der Waals surface area contributed by atoms with Gasteiger partial charge in [0, 0.05) is 25.7 Å². The minimum atomic E-state index is -4.74. The van der Waals surface area contributed by atoms with Gasteiger partial charge in [-0.25, -0.2) is 4.79 Å². The Morgan fingerprint density at radius 3 is 2.44 bits per heavy atom. The van der Waals surface area contributed by atoms with E-state index in [4.69, 9.17) is 16.7 Å². The standard InChI is InChI=1S/C16H9ClF3NO3S/c17-8-5-12-11(7-13(21-12)15(22)23)14(6-8)25-10-3-1-9(2-4-10)24-16(18,19)20/h1-7,21H,(H,22,23). The molecule has 0 aliphatic heterocycles. The number of ether oxygens (including phenoxy) is 1. The summed E-state index contributed by atoms with van der Waals surface area (Å²) in [6, 6.07) is 10.1. The molecule has 9 heteroatoms. The van der Waals surface area contributed by atoms with Crippen LogP contribution in [0, 0.1) is 0 Å². The lowest BCUT2D eigenvalue weighted by Crippen LogP contribution is -2.16. The summed E-state index contributed by atoms with van der Waals surface area (Å²) in [5, 5.41) is 10.1. The molecule has 1 aromatic heterocycles. The van der Waals surface area contributed by atoms with Gasteiger partial charge in [-0.3, -0.25) is 0 Å². The molecule has 130 valence electrons. The molecule has 3 aromatic rings. The van der Waals surface area contributed by atoms with E-state index in [0.717, 1.165) is 0 Å². The number of hydrogen-bond acceptors (Lipinski definition) is 3. The van der Waals surface area contributed by atoms with Crippen LogP contribution in [0.15, 0.2) is 52.3 Å². The average Bonchev–Trinajstić information content (AvgIpc) is 2.92. The van der Waals surface area contributed by atoms with E-state index in [-0.39, 0.29) is 11.4 Å². The number of aromatic nitrogens is 1. The Labute approximate surface area is 148 Å². The number of rotatable bonds is 4. The number of aromatic carboxylic acids is 1. The highest BCUT2D eigenvalue weighted by molar-refractivity contribution is 7.99. The third-order valence-corrected chi connectivity index (χ3v) is 4.46. The number of halogens is 4. The zero-order valence-electron chi connectivity index (χ0n) is 12.2. The fourth-order valence-corrected chi connectivity index (χ4v) is 3.48. The van der Waals surface area contributed by atoms with Gasteiger partial charge in [0.1, 0.15) is 11.4 Å². The van der Waals surface area contributed by atoms with Crippen molar-refractivity contribution in [1.29, 1.82) is 0 Å². The topological polar surface area (TPSA) is 62.3 Å². The Morgan fingerprint density at radius 1 is 1.16 bits per heavy atom. The normalized spacial score (nSPS) is 11.7. The summed E-state index contributed by atoms with van der Waals surface area (Å²) in [4.78, 5) is 15.2. The molecule has 0 bridgehead atoms. The molecule has 0 amide bonds. The number of alkyl halides is 3. The van der Waals surface area contributed by atoms with Crippen molar-refractivity contribution in [2.75, 3.05) is 0 Å². The Morgan fingerprint density at radius 2 is 1.84 bits per heavy atom. The van der Waals surface area contributed by atoms with E-state index in [2.05, 4.69) is 9.72 Å². The van der Waals surface area contributed by atoms with Crippen LogP contribution in [0.1, 0.15) is 10.5 Å². The van der Waals surface area contributed by atoms with Crippen LogP contribution in [0.2, 0.25) is 5.02 Å². The van der Waals surface area contributed by atoms with E-state index in [9.17, 15) is 18.0 Å². The van der Waals surface area contributed by atoms with Crippen LogP contribution in [0.4, 0.5) is 13.2 Å². The molecule has 1 heterocycles. The maximum absolute atomic E-state index is 12.2. The summed E-state index contributed by atoms with van der Waals surface area (Å²) in [5.74, 6) is -1.42. The van der Waals surface area contributed by atoms with Crippen LogP contribution in [-0.2, 0) is 0 Å².